The van der Waals surface area contributed by atoms with Crippen LogP contribution in [-0.2, 0) is 0 Å². The first kappa shape index (κ1) is 18.6. The second kappa shape index (κ2) is 6.19. The molecule has 1 heterocycles. The monoisotopic (exact) mass is 438 g/mol. The molecular formula is C17H16BrFN4S2. The number of halogens is 2. The van der Waals surface area contributed by atoms with Gasteiger partial charge in [-0.2, -0.15) is 10.5 Å². The van der Waals surface area contributed by atoms with Crippen molar-refractivity contribution in [2.24, 2.45) is 21.6 Å². The summed E-state index contributed by atoms with van der Waals surface area (Å²) in [5.74, 6) is 0.889. The van der Waals surface area contributed by atoms with Crippen molar-refractivity contribution in [1.29, 1.82) is 10.5 Å². The first-order chi connectivity index (χ1) is 11.9. The van der Waals surface area contributed by atoms with E-state index >= 15 is 0 Å². The summed E-state index contributed by atoms with van der Waals surface area (Å²) in [5, 5.41) is 20.2. The van der Waals surface area contributed by atoms with Crippen LogP contribution in [0.4, 0.5) is 4.39 Å². The Bertz CT molecular complexity index is 840. The number of nitriles is 2. The molecular weight excluding hydrogens is 423 g/mol. The molecule has 2 N–H and O–H groups in total. The number of hydrogen-bond acceptors (Lipinski definition) is 6. The summed E-state index contributed by atoms with van der Waals surface area (Å²) < 4.78 is 13.2. The predicted octanol–water partition coefficient (Wildman–Crippen LogP) is 4.24. The third-order valence-corrected chi connectivity index (χ3v) is 8.39. The number of thioether (sulfide) groups is 2. The van der Waals surface area contributed by atoms with E-state index in [1.54, 1.807) is 35.7 Å². The van der Waals surface area contributed by atoms with Crippen LogP contribution in [0.5, 0.6) is 0 Å². The molecule has 4 nitrogen and oxygen atoms in total. The van der Waals surface area contributed by atoms with E-state index in [1.165, 1.54) is 6.07 Å². The number of nitrogens with zero attached hydrogens (tertiary/aromatic N) is 3. The number of benzene rings is 1. The van der Waals surface area contributed by atoms with Crippen LogP contribution in [-0.4, -0.2) is 21.5 Å². The molecule has 3 rings (SSSR count). The van der Waals surface area contributed by atoms with Gasteiger partial charge in [-0.05, 0) is 45.1 Å². The zero-order chi connectivity index (χ0) is 18.5. The van der Waals surface area contributed by atoms with Crippen LogP contribution in [0.3, 0.4) is 0 Å². The van der Waals surface area contributed by atoms with Gasteiger partial charge in [-0.3, -0.25) is 0 Å². The fourth-order valence-electron chi connectivity index (χ4n) is 3.94. The lowest BCUT2D eigenvalue weighted by atomic mass is 9.97. The Morgan fingerprint density at radius 2 is 1.92 bits per heavy atom. The van der Waals surface area contributed by atoms with Gasteiger partial charge in [0.25, 0.3) is 0 Å². The highest BCUT2D eigenvalue weighted by molar-refractivity contribution is 9.10. The largest absolute Gasteiger partial charge is 0.386 e. The Morgan fingerprint density at radius 1 is 1.28 bits per heavy atom. The SMILES string of the molecule is CCSC1(SCC)N=C(N)C2(C#N)C(c3ccc(F)c(Br)c3)C12C#N. The molecule has 1 aromatic rings. The molecule has 0 radical (unpaired) electrons. The molecule has 0 amide bonds. The first-order valence-electron chi connectivity index (χ1n) is 7.81. The molecule has 0 aromatic heterocycles. The van der Waals surface area contributed by atoms with Gasteiger partial charge in [0.2, 0.25) is 0 Å². The minimum atomic E-state index is -1.16. The van der Waals surface area contributed by atoms with Crippen molar-refractivity contribution < 1.29 is 4.39 Å². The second-order valence-corrected chi connectivity index (χ2v) is 9.92. The number of nitrogens with two attached hydrogens (primary N) is 1. The van der Waals surface area contributed by atoms with E-state index in [0.717, 1.165) is 17.1 Å². The number of aliphatic imine (C=N–C) groups is 1. The summed E-state index contributed by atoms with van der Waals surface area (Å²) in [6.07, 6.45) is 0. The lowest BCUT2D eigenvalue weighted by molar-refractivity contribution is 0.563. The topological polar surface area (TPSA) is 86.0 Å². The Labute approximate surface area is 163 Å². The van der Waals surface area contributed by atoms with E-state index < -0.39 is 21.0 Å². The average Bonchev–Trinajstić information content (AvgIpc) is 3.16. The molecule has 3 unspecified atom stereocenters. The molecule has 1 aliphatic carbocycles. The minimum absolute atomic E-state index is 0.212. The fourth-order valence-corrected chi connectivity index (χ4v) is 7.59. The number of fused-ring (bicyclic) bond motifs is 1. The van der Waals surface area contributed by atoms with Gasteiger partial charge < -0.3 is 5.73 Å². The van der Waals surface area contributed by atoms with E-state index in [2.05, 4.69) is 33.1 Å². The molecule has 1 aromatic carbocycles. The molecule has 0 bridgehead atoms. The van der Waals surface area contributed by atoms with E-state index in [-0.39, 0.29) is 11.7 Å². The molecule has 130 valence electrons. The van der Waals surface area contributed by atoms with Crippen molar-refractivity contribution in [2.75, 3.05) is 11.5 Å². The molecule has 8 heteroatoms. The van der Waals surface area contributed by atoms with Crippen molar-refractivity contribution >= 4 is 45.3 Å². The van der Waals surface area contributed by atoms with Gasteiger partial charge in [0.05, 0.1) is 16.6 Å². The van der Waals surface area contributed by atoms with E-state index in [1.807, 2.05) is 13.8 Å². The highest BCUT2D eigenvalue weighted by atomic mass is 79.9. The van der Waals surface area contributed by atoms with Crippen molar-refractivity contribution in [1.82, 2.24) is 0 Å². The van der Waals surface area contributed by atoms with E-state index in [0.29, 0.717) is 4.47 Å². The number of hydrogen-bond donors (Lipinski definition) is 1. The van der Waals surface area contributed by atoms with E-state index in [4.69, 9.17) is 5.73 Å². The zero-order valence-electron chi connectivity index (χ0n) is 13.7. The highest BCUT2D eigenvalue weighted by Crippen LogP contribution is 2.85. The van der Waals surface area contributed by atoms with Gasteiger partial charge >= 0.3 is 0 Å². The molecule has 1 aliphatic heterocycles. The normalized spacial score (nSPS) is 31.6. The first-order valence-corrected chi connectivity index (χ1v) is 10.6. The van der Waals surface area contributed by atoms with E-state index in [9.17, 15) is 14.9 Å². The Hall–Kier alpha value is -1.22. The molecule has 1 saturated carbocycles. The predicted molar refractivity (Wildman–Crippen MR) is 104 cm³/mol. The van der Waals surface area contributed by atoms with Crippen molar-refractivity contribution in [3.8, 4) is 12.1 Å². The Morgan fingerprint density at radius 3 is 2.40 bits per heavy atom. The quantitative estimate of drug-likeness (QED) is 0.694. The molecule has 0 spiro atoms. The maximum absolute atomic E-state index is 13.7. The highest BCUT2D eigenvalue weighted by Gasteiger charge is 2.91. The van der Waals surface area contributed by atoms with Crippen LogP contribution < -0.4 is 5.73 Å². The summed E-state index contributed by atoms with van der Waals surface area (Å²) in [6.45, 7) is 4.00. The lowest BCUT2D eigenvalue weighted by Crippen LogP contribution is -2.31. The minimum Gasteiger partial charge on any atom is -0.386 e. The van der Waals surface area contributed by atoms with Gasteiger partial charge in [0, 0.05) is 5.92 Å². The average molecular weight is 439 g/mol. The summed E-state index contributed by atoms with van der Waals surface area (Å²) in [5.41, 5.74) is 4.73. The second-order valence-electron chi connectivity index (χ2n) is 5.89. The van der Waals surface area contributed by atoms with Crippen LogP contribution in [0.25, 0.3) is 0 Å². The fraction of sp³-hybridized carbons (Fsp3) is 0.471. The van der Waals surface area contributed by atoms with Gasteiger partial charge in [-0.15, -0.1) is 23.5 Å². The van der Waals surface area contributed by atoms with Crippen molar-refractivity contribution in [3.63, 3.8) is 0 Å². The van der Waals surface area contributed by atoms with Crippen LogP contribution >= 0.6 is 39.5 Å². The molecule has 25 heavy (non-hydrogen) atoms. The molecule has 2 aliphatic rings. The molecule has 0 saturated heterocycles. The summed E-state index contributed by atoms with van der Waals surface area (Å²) in [6, 6.07) is 9.33. The standard InChI is InChI=1S/C17H16BrFN4S2/c1-3-24-17(25-4-2)16(9-21)13(15(16,8-20)14(22)23-17)10-5-6-12(19)11(18)7-10/h5-7,13H,3-4H2,1-2H3,(H2,22,23). The molecule has 1 fully saturated rings. The number of amidine groups is 1. The van der Waals surface area contributed by atoms with Gasteiger partial charge in [-0.25, -0.2) is 9.38 Å². The molecule has 3 atom stereocenters. The summed E-state index contributed by atoms with van der Waals surface area (Å²) in [4.78, 5) is 4.62. The van der Waals surface area contributed by atoms with Gasteiger partial charge in [-0.1, -0.05) is 19.9 Å². The Balaban J connectivity index is 2.23. The third kappa shape index (κ3) is 2.08. The van der Waals surface area contributed by atoms with Crippen LogP contribution in [0.2, 0.25) is 0 Å². The smallest absolute Gasteiger partial charge is 0.175 e. The Kier molecular flexibility index (Phi) is 4.60. The number of rotatable bonds is 5. The van der Waals surface area contributed by atoms with Crippen molar-refractivity contribution in [2.45, 2.75) is 24.0 Å². The van der Waals surface area contributed by atoms with Crippen LogP contribution in [0.1, 0.15) is 25.3 Å². The maximum Gasteiger partial charge on any atom is 0.175 e. The lowest BCUT2D eigenvalue weighted by Gasteiger charge is -2.31. The third-order valence-electron chi connectivity index (χ3n) is 4.88. The zero-order valence-corrected chi connectivity index (χ0v) is 16.9. The van der Waals surface area contributed by atoms with Crippen LogP contribution in [0.15, 0.2) is 27.7 Å². The van der Waals surface area contributed by atoms with Crippen molar-refractivity contribution in [3.05, 3.63) is 34.1 Å². The van der Waals surface area contributed by atoms with Gasteiger partial charge in [0.1, 0.15) is 22.5 Å². The van der Waals surface area contributed by atoms with Gasteiger partial charge in [0.15, 0.2) is 4.20 Å². The summed E-state index contributed by atoms with van der Waals surface area (Å²) in [7, 11) is 0. The maximum atomic E-state index is 13.7. The summed E-state index contributed by atoms with van der Waals surface area (Å²) >= 11 is 6.28. The van der Waals surface area contributed by atoms with Crippen LogP contribution in [0, 0.1) is 39.3 Å².